The fraction of sp³-hybridized carbons (Fsp3) is 0.517. The second-order valence-electron chi connectivity index (χ2n) is 10.4. The number of methoxy groups -OCH3 is 1. The first-order chi connectivity index (χ1) is 16.3. The van der Waals surface area contributed by atoms with Gasteiger partial charge < -0.3 is 13.9 Å². The zero-order chi connectivity index (χ0) is 24.3. The zero-order valence-corrected chi connectivity index (χ0v) is 20.6. The molecule has 1 heterocycles. The molecule has 5 nitrogen and oxygen atoms in total. The number of hydrogen-bond acceptors (Lipinski definition) is 5. The van der Waals surface area contributed by atoms with Crippen LogP contribution in [0.15, 0.2) is 59.2 Å². The van der Waals surface area contributed by atoms with Crippen LogP contribution >= 0.6 is 0 Å². The molecule has 2 fully saturated rings. The molecule has 0 spiro atoms. The average Bonchev–Trinajstić information content (AvgIpc) is 3.29. The lowest BCUT2D eigenvalue weighted by Crippen LogP contribution is -2.53. The SMILES string of the molecule is C=C1CC[C@@H]2[C@](C)(CCC[C@]2(C)C(=O)OC)[C@H]1CCc1ccoc1COC(=O)c1ccccc1. The topological polar surface area (TPSA) is 65.7 Å². The molecule has 4 atom stereocenters. The third-order valence-electron chi connectivity index (χ3n) is 8.56. The molecular formula is C29H36O5. The Hall–Kier alpha value is -2.82. The summed E-state index contributed by atoms with van der Waals surface area (Å²) in [7, 11) is 1.50. The predicted octanol–water partition coefficient (Wildman–Crippen LogP) is 6.52. The highest BCUT2D eigenvalue weighted by molar-refractivity contribution is 5.89. The average molecular weight is 465 g/mol. The van der Waals surface area contributed by atoms with E-state index in [1.54, 1.807) is 18.4 Å². The maximum Gasteiger partial charge on any atom is 0.338 e. The van der Waals surface area contributed by atoms with E-state index in [1.165, 1.54) is 12.7 Å². The number of carbonyl (C=O) groups is 2. The molecule has 34 heavy (non-hydrogen) atoms. The van der Waals surface area contributed by atoms with Crippen molar-refractivity contribution in [3.05, 3.63) is 71.7 Å². The third kappa shape index (κ3) is 4.45. The Kier molecular flexibility index (Phi) is 7.01. The van der Waals surface area contributed by atoms with Gasteiger partial charge in [0.1, 0.15) is 12.4 Å². The van der Waals surface area contributed by atoms with Crippen molar-refractivity contribution in [2.24, 2.45) is 22.7 Å². The summed E-state index contributed by atoms with van der Waals surface area (Å²) in [6.45, 7) is 9.01. The molecule has 2 saturated carbocycles. The van der Waals surface area contributed by atoms with Gasteiger partial charge in [-0.15, -0.1) is 0 Å². The Bertz CT molecular complexity index is 1040. The number of hydrogen-bond donors (Lipinski definition) is 0. The molecule has 0 unspecified atom stereocenters. The Morgan fingerprint density at radius 1 is 1.15 bits per heavy atom. The van der Waals surface area contributed by atoms with Gasteiger partial charge in [0.25, 0.3) is 0 Å². The van der Waals surface area contributed by atoms with E-state index < -0.39 is 5.41 Å². The molecule has 182 valence electrons. The predicted molar refractivity (Wildman–Crippen MR) is 130 cm³/mol. The molecule has 0 bridgehead atoms. The van der Waals surface area contributed by atoms with Crippen molar-refractivity contribution in [1.82, 2.24) is 0 Å². The minimum absolute atomic E-state index is 0.0141. The van der Waals surface area contributed by atoms with Crippen LogP contribution in [0.25, 0.3) is 0 Å². The number of benzene rings is 1. The fourth-order valence-electron chi connectivity index (χ4n) is 6.76. The van der Waals surface area contributed by atoms with Crippen molar-refractivity contribution < 1.29 is 23.5 Å². The second-order valence-corrected chi connectivity index (χ2v) is 10.4. The Labute approximate surface area is 202 Å². The minimum atomic E-state index is -0.437. The molecular weight excluding hydrogens is 428 g/mol. The van der Waals surface area contributed by atoms with Gasteiger partial charge in [0.05, 0.1) is 24.4 Å². The molecule has 0 amide bonds. The molecule has 5 heteroatoms. The van der Waals surface area contributed by atoms with Crippen molar-refractivity contribution >= 4 is 11.9 Å². The van der Waals surface area contributed by atoms with E-state index in [1.807, 2.05) is 24.3 Å². The van der Waals surface area contributed by atoms with Crippen LogP contribution in [0.5, 0.6) is 0 Å². The van der Waals surface area contributed by atoms with E-state index in [0.717, 1.165) is 50.5 Å². The normalized spacial score (nSPS) is 28.7. The van der Waals surface area contributed by atoms with E-state index in [9.17, 15) is 9.59 Å². The second kappa shape index (κ2) is 9.81. The summed E-state index contributed by atoms with van der Waals surface area (Å²) in [5.74, 6) is 0.864. The summed E-state index contributed by atoms with van der Waals surface area (Å²) in [4.78, 5) is 25.1. The molecule has 1 aromatic heterocycles. The molecule has 0 aliphatic heterocycles. The number of rotatable bonds is 7. The van der Waals surface area contributed by atoms with E-state index in [-0.39, 0.29) is 29.9 Å². The monoisotopic (exact) mass is 464 g/mol. The standard InChI is InChI=1S/C29H36O5/c1-20-11-14-25-28(2,16-8-17-29(25,3)27(31)32-4)23(20)13-12-21-15-18-33-24(21)19-34-26(30)22-9-6-5-7-10-22/h5-7,9-10,15,18,23,25H,1,8,11-14,16-17,19H2,2-4H3/t23-,25+,28+,29-/m0/s1. The summed E-state index contributed by atoms with van der Waals surface area (Å²) in [6, 6.07) is 10.9. The van der Waals surface area contributed by atoms with Gasteiger partial charge in [-0.3, -0.25) is 4.79 Å². The highest BCUT2D eigenvalue weighted by atomic mass is 16.5. The first-order valence-electron chi connectivity index (χ1n) is 12.3. The molecule has 2 aromatic rings. The smallest absolute Gasteiger partial charge is 0.338 e. The number of furan rings is 1. The van der Waals surface area contributed by atoms with Gasteiger partial charge in [-0.05, 0) is 86.5 Å². The lowest BCUT2D eigenvalue weighted by Gasteiger charge is -2.57. The van der Waals surface area contributed by atoms with Crippen LogP contribution < -0.4 is 0 Å². The summed E-state index contributed by atoms with van der Waals surface area (Å²) in [6.07, 6.45) is 8.36. The van der Waals surface area contributed by atoms with Crippen LogP contribution in [-0.4, -0.2) is 19.0 Å². The van der Waals surface area contributed by atoms with Gasteiger partial charge in [0.2, 0.25) is 0 Å². The lowest BCUT2D eigenvalue weighted by atomic mass is 9.46. The first-order valence-corrected chi connectivity index (χ1v) is 12.3. The van der Waals surface area contributed by atoms with Gasteiger partial charge in [-0.25, -0.2) is 4.79 Å². The molecule has 0 saturated heterocycles. The number of fused-ring (bicyclic) bond motifs is 1. The van der Waals surface area contributed by atoms with Crippen LogP contribution in [0.2, 0.25) is 0 Å². The van der Waals surface area contributed by atoms with Crippen molar-refractivity contribution in [1.29, 1.82) is 0 Å². The van der Waals surface area contributed by atoms with Crippen LogP contribution in [0, 0.1) is 22.7 Å². The first kappa shape index (κ1) is 24.3. The Morgan fingerprint density at radius 2 is 1.91 bits per heavy atom. The third-order valence-corrected chi connectivity index (χ3v) is 8.56. The number of esters is 2. The highest BCUT2D eigenvalue weighted by Gasteiger charge is 2.57. The molecule has 0 radical (unpaired) electrons. The number of ether oxygens (including phenoxy) is 2. The van der Waals surface area contributed by atoms with Crippen LogP contribution in [0.1, 0.15) is 74.1 Å². The molecule has 2 aliphatic rings. The largest absolute Gasteiger partial charge is 0.469 e. The van der Waals surface area contributed by atoms with Crippen molar-refractivity contribution in [2.75, 3.05) is 7.11 Å². The molecule has 0 N–H and O–H groups in total. The van der Waals surface area contributed by atoms with Crippen molar-refractivity contribution in [2.45, 2.75) is 65.4 Å². The minimum Gasteiger partial charge on any atom is -0.469 e. The van der Waals surface area contributed by atoms with Crippen LogP contribution in [0.4, 0.5) is 0 Å². The molecule has 4 rings (SSSR count). The number of carbonyl (C=O) groups excluding carboxylic acids is 2. The summed E-state index contributed by atoms with van der Waals surface area (Å²) < 4.78 is 16.4. The van der Waals surface area contributed by atoms with Crippen molar-refractivity contribution in [3.8, 4) is 0 Å². The van der Waals surface area contributed by atoms with E-state index >= 15 is 0 Å². The summed E-state index contributed by atoms with van der Waals surface area (Å²) >= 11 is 0. The molecule has 1 aromatic carbocycles. The van der Waals surface area contributed by atoms with Gasteiger partial charge in [0, 0.05) is 0 Å². The Morgan fingerprint density at radius 3 is 2.65 bits per heavy atom. The quantitative estimate of drug-likeness (QED) is 0.345. The van der Waals surface area contributed by atoms with E-state index in [0.29, 0.717) is 17.2 Å². The maximum absolute atomic E-state index is 12.8. The summed E-state index contributed by atoms with van der Waals surface area (Å²) in [5, 5.41) is 0. The van der Waals surface area contributed by atoms with Crippen molar-refractivity contribution in [3.63, 3.8) is 0 Å². The van der Waals surface area contributed by atoms with E-state index in [2.05, 4.69) is 20.4 Å². The lowest BCUT2D eigenvalue weighted by molar-refractivity contribution is -0.168. The number of allylic oxidation sites excluding steroid dienone is 1. The number of aryl methyl sites for hydroxylation is 1. The highest BCUT2D eigenvalue weighted by Crippen LogP contribution is 2.62. The van der Waals surface area contributed by atoms with Gasteiger partial charge in [0.15, 0.2) is 0 Å². The van der Waals surface area contributed by atoms with Crippen LogP contribution in [-0.2, 0) is 27.3 Å². The van der Waals surface area contributed by atoms with Crippen LogP contribution in [0.3, 0.4) is 0 Å². The fourth-order valence-corrected chi connectivity index (χ4v) is 6.76. The summed E-state index contributed by atoms with van der Waals surface area (Å²) in [5.41, 5.74) is 2.45. The Balaban J connectivity index is 1.45. The zero-order valence-electron chi connectivity index (χ0n) is 20.6. The maximum atomic E-state index is 12.8. The van der Waals surface area contributed by atoms with Gasteiger partial charge in [-0.2, -0.15) is 0 Å². The van der Waals surface area contributed by atoms with E-state index in [4.69, 9.17) is 13.9 Å². The van der Waals surface area contributed by atoms with Gasteiger partial charge in [-0.1, -0.05) is 43.7 Å². The van der Waals surface area contributed by atoms with Gasteiger partial charge >= 0.3 is 11.9 Å². The molecule has 2 aliphatic carbocycles.